The Labute approximate surface area is 63.6 Å². The van der Waals surface area contributed by atoms with Crippen LogP contribution in [0.15, 0.2) is 0 Å². The second kappa shape index (κ2) is 4.69. The van der Waals surface area contributed by atoms with Crippen LogP contribution >= 0.6 is 0 Å². The standard InChI is InChI=1S/C8H19NO/c1-5-8(7(4)10)9-6(2)3/h6-10H,5H2,1-4H3. The van der Waals surface area contributed by atoms with Crippen LogP contribution < -0.4 is 5.32 Å². The minimum atomic E-state index is -0.243. The van der Waals surface area contributed by atoms with Crippen LogP contribution in [-0.2, 0) is 0 Å². The highest BCUT2D eigenvalue weighted by Crippen LogP contribution is 1.98. The molecular formula is C8H19NO. The number of aliphatic hydroxyl groups excluding tert-OH is 1. The average Bonchev–Trinajstić information content (AvgIpc) is 1.81. The lowest BCUT2D eigenvalue weighted by Gasteiger charge is -2.22. The highest BCUT2D eigenvalue weighted by atomic mass is 16.3. The van der Waals surface area contributed by atoms with Crippen molar-refractivity contribution in [3.63, 3.8) is 0 Å². The summed E-state index contributed by atoms with van der Waals surface area (Å²) in [6.07, 6.45) is 0.739. The maximum Gasteiger partial charge on any atom is 0.0665 e. The largest absolute Gasteiger partial charge is 0.392 e. The summed E-state index contributed by atoms with van der Waals surface area (Å²) in [7, 11) is 0. The van der Waals surface area contributed by atoms with E-state index < -0.39 is 0 Å². The Morgan fingerprint density at radius 3 is 1.90 bits per heavy atom. The molecule has 0 radical (unpaired) electrons. The first-order valence-electron chi connectivity index (χ1n) is 4.02. The van der Waals surface area contributed by atoms with Gasteiger partial charge in [0.25, 0.3) is 0 Å². The molecule has 0 saturated heterocycles. The van der Waals surface area contributed by atoms with Gasteiger partial charge < -0.3 is 10.4 Å². The Balaban J connectivity index is 3.60. The summed E-state index contributed by atoms with van der Waals surface area (Å²) in [5.74, 6) is 0. The lowest BCUT2D eigenvalue weighted by molar-refractivity contribution is 0.138. The Morgan fingerprint density at radius 1 is 1.30 bits per heavy atom. The zero-order valence-electron chi connectivity index (χ0n) is 7.39. The van der Waals surface area contributed by atoms with Crippen molar-refractivity contribution in [3.8, 4) is 0 Å². The molecule has 62 valence electrons. The molecule has 0 aromatic rings. The third-order valence-electron chi connectivity index (χ3n) is 1.57. The first kappa shape index (κ1) is 9.92. The van der Waals surface area contributed by atoms with Crippen LogP contribution in [-0.4, -0.2) is 23.3 Å². The summed E-state index contributed by atoms with van der Waals surface area (Å²) in [6.45, 7) is 8.08. The fourth-order valence-electron chi connectivity index (χ4n) is 1.03. The summed E-state index contributed by atoms with van der Waals surface area (Å²) >= 11 is 0. The van der Waals surface area contributed by atoms with Gasteiger partial charge in [-0.1, -0.05) is 20.8 Å². The molecule has 0 bridgehead atoms. The van der Waals surface area contributed by atoms with Gasteiger partial charge in [-0.15, -0.1) is 0 Å². The van der Waals surface area contributed by atoms with E-state index in [2.05, 4.69) is 26.1 Å². The van der Waals surface area contributed by atoms with E-state index in [1.165, 1.54) is 0 Å². The fraction of sp³-hybridized carbons (Fsp3) is 1.00. The van der Waals surface area contributed by atoms with E-state index in [1.807, 2.05) is 6.92 Å². The maximum atomic E-state index is 9.20. The molecule has 0 aliphatic rings. The van der Waals surface area contributed by atoms with Crippen LogP contribution in [0.3, 0.4) is 0 Å². The van der Waals surface area contributed by atoms with Gasteiger partial charge >= 0.3 is 0 Å². The molecule has 2 N–H and O–H groups in total. The van der Waals surface area contributed by atoms with Gasteiger partial charge in [0.2, 0.25) is 0 Å². The van der Waals surface area contributed by atoms with Crippen LogP contribution in [0.5, 0.6) is 0 Å². The third-order valence-corrected chi connectivity index (χ3v) is 1.57. The van der Waals surface area contributed by atoms with Gasteiger partial charge in [-0.05, 0) is 13.3 Å². The van der Waals surface area contributed by atoms with Gasteiger partial charge in [0.1, 0.15) is 0 Å². The number of aliphatic hydroxyl groups is 1. The first-order chi connectivity index (χ1) is 4.57. The molecule has 0 heterocycles. The number of rotatable bonds is 4. The molecule has 2 unspecified atom stereocenters. The van der Waals surface area contributed by atoms with Crippen molar-refractivity contribution in [3.05, 3.63) is 0 Å². The molecule has 0 aromatic heterocycles. The second-order valence-electron chi connectivity index (χ2n) is 3.08. The van der Waals surface area contributed by atoms with Gasteiger partial charge in [-0.25, -0.2) is 0 Å². The maximum absolute atomic E-state index is 9.20. The molecule has 0 saturated carbocycles. The highest BCUT2D eigenvalue weighted by Gasteiger charge is 2.11. The molecule has 10 heavy (non-hydrogen) atoms. The molecule has 2 heteroatoms. The van der Waals surface area contributed by atoms with E-state index >= 15 is 0 Å². The predicted molar refractivity (Wildman–Crippen MR) is 44.0 cm³/mol. The van der Waals surface area contributed by atoms with Gasteiger partial charge in [0.05, 0.1) is 6.10 Å². The fourth-order valence-corrected chi connectivity index (χ4v) is 1.03. The normalized spacial score (nSPS) is 17.4. The Morgan fingerprint density at radius 2 is 1.80 bits per heavy atom. The van der Waals surface area contributed by atoms with Crippen molar-refractivity contribution in [2.75, 3.05) is 0 Å². The summed E-state index contributed by atoms with van der Waals surface area (Å²) in [5, 5.41) is 12.5. The molecule has 0 aliphatic carbocycles. The summed E-state index contributed by atoms with van der Waals surface area (Å²) in [6, 6.07) is 0.708. The van der Waals surface area contributed by atoms with Crippen molar-refractivity contribution in [1.29, 1.82) is 0 Å². The minimum absolute atomic E-state index is 0.243. The first-order valence-corrected chi connectivity index (χ1v) is 4.02. The SMILES string of the molecule is CCC(NC(C)C)C(C)O. The third kappa shape index (κ3) is 3.85. The van der Waals surface area contributed by atoms with E-state index in [0.29, 0.717) is 6.04 Å². The van der Waals surface area contributed by atoms with Crippen LogP contribution in [0, 0.1) is 0 Å². The topological polar surface area (TPSA) is 32.3 Å². The molecular weight excluding hydrogens is 126 g/mol. The van der Waals surface area contributed by atoms with Crippen LogP contribution in [0.1, 0.15) is 34.1 Å². The predicted octanol–water partition coefficient (Wildman–Crippen LogP) is 1.14. The van der Waals surface area contributed by atoms with Crippen molar-refractivity contribution in [1.82, 2.24) is 5.32 Å². The van der Waals surface area contributed by atoms with E-state index in [9.17, 15) is 5.11 Å². The lowest BCUT2D eigenvalue weighted by Crippen LogP contribution is -2.41. The van der Waals surface area contributed by atoms with Crippen molar-refractivity contribution in [2.24, 2.45) is 0 Å². The summed E-state index contributed by atoms with van der Waals surface area (Å²) in [4.78, 5) is 0. The molecule has 0 fully saturated rings. The van der Waals surface area contributed by atoms with E-state index in [4.69, 9.17) is 0 Å². The molecule has 2 atom stereocenters. The van der Waals surface area contributed by atoms with Gasteiger partial charge in [0.15, 0.2) is 0 Å². The molecule has 0 aliphatic heterocycles. The van der Waals surface area contributed by atoms with Crippen LogP contribution in [0.25, 0.3) is 0 Å². The van der Waals surface area contributed by atoms with Gasteiger partial charge in [-0.3, -0.25) is 0 Å². The molecule has 2 nitrogen and oxygen atoms in total. The van der Waals surface area contributed by atoms with Gasteiger partial charge in [-0.2, -0.15) is 0 Å². The van der Waals surface area contributed by atoms with Crippen molar-refractivity contribution >= 4 is 0 Å². The minimum Gasteiger partial charge on any atom is -0.392 e. The van der Waals surface area contributed by atoms with Gasteiger partial charge in [0, 0.05) is 12.1 Å². The summed E-state index contributed by atoms with van der Waals surface area (Å²) < 4.78 is 0. The van der Waals surface area contributed by atoms with Crippen LogP contribution in [0.2, 0.25) is 0 Å². The van der Waals surface area contributed by atoms with Crippen molar-refractivity contribution in [2.45, 2.75) is 52.3 Å². The van der Waals surface area contributed by atoms with Crippen molar-refractivity contribution < 1.29 is 5.11 Å². The lowest BCUT2D eigenvalue weighted by atomic mass is 10.1. The molecule has 0 amide bonds. The van der Waals surface area contributed by atoms with Crippen LogP contribution in [0.4, 0.5) is 0 Å². The highest BCUT2D eigenvalue weighted by molar-refractivity contribution is 4.72. The Hall–Kier alpha value is -0.0800. The van der Waals surface area contributed by atoms with E-state index in [-0.39, 0.29) is 12.1 Å². The van der Waals surface area contributed by atoms with E-state index in [1.54, 1.807) is 0 Å². The smallest absolute Gasteiger partial charge is 0.0665 e. The number of hydrogen-bond donors (Lipinski definition) is 2. The molecule has 0 aromatic carbocycles. The molecule has 0 rings (SSSR count). The summed E-state index contributed by atoms with van der Waals surface area (Å²) in [5.41, 5.74) is 0. The number of hydrogen-bond acceptors (Lipinski definition) is 2. The molecule has 0 spiro atoms. The monoisotopic (exact) mass is 145 g/mol. The second-order valence-corrected chi connectivity index (χ2v) is 3.08. The Kier molecular flexibility index (Phi) is 4.65. The zero-order chi connectivity index (χ0) is 8.15. The Bertz CT molecular complexity index is 81.3. The number of nitrogens with one attached hydrogen (secondary N) is 1. The zero-order valence-corrected chi connectivity index (χ0v) is 7.39. The average molecular weight is 145 g/mol. The quantitative estimate of drug-likeness (QED) is 0.622. The van der Waals surface area contributed by atoms with E-state index in [0.717, 1.165) is 6.42 Å².